The Kier molecular flexibility index (Phi) is 5.56. The monoisotopic (exact) mass is 281 g/mol. The Bertz CT molecular complexity index is 409. The average Bonchev–Trinajstić information content (AvgIpc) is 2.34. The van der Waals surface area contributed by atoms with E-state index in [1.165, 1.54) is 26.3 Å². The van der Waals surface area contributed by atoms with Crippen molar-refractivity contribution in [2.75, 3.05) is 27.4 Å². The lowest BCUT2D eigenvalue weighted by Crippen LogP contribution is -2.26. The first-order valence-electron chi connectivity index (χ1n) is 5.53. The molecule has 1 unspecified atom stereocenters. The third kappa shape index (κ3) is 4.68. The van der Waals surface area contributed by atoms with Gasteiger partial charge in [0.05, 0.1) is 19.8 Å². The van der Waals surface area contributed by atoms with Gasteiger partial charge in [-0.2, -0.15) is 13.2 Å². The van der Waals surface area contributed by atoms with E-state index in [-0.39, 0.29) is 17.9 Å². The van der Waals surface area contributed by atoms with Gasteiger partial charge in [-0.05, 0) is 13.1 Å². The highest BCUT2D eigenvalue weighted by atomic mass is 19.4. The molecule has 3 nitrogen and oxygen atoms in total. The van der Waals surface area contributed by atoms with Gasteiger partial charge in [0, 0.05) is 5.56 Å². The molecular weight excluding hydrogens is 266 g/mol. The lowest BCUT2D eigenvalue weighted by atomic mass is 10.1. The second-order valence-electron chi connectivity index (χ2n) is 3.84. The maximum absolute atomic E-state index is 13.9. The Hall–Kier alpha value is -1.34. The summed E-state index contributed by atoms with van der Waals surface area (Å²) in [4.78, 5) is 0. The van der Waals surface area contributed by atoms with Crippen LogP contribution in [0, 0.1) is 5.82 Å². The first kappa shape index (κ1) is 15.7. The number of alkyl halides is 3. The van der Waals surface area contributed by atoms with Crippen LogP contribution in [0.5, 0.6) is 5.75 Å². The molecule has 1 aromatic rings. The molecule has 1 rings (SSSR count). The van der Waals surface area contributed by atoms with Gasteiger partial charge >= 0.3 is 6.18 Å². The van der Waals surface area contributed by atoms with E-state index in [1.807, 2.05) is 0 Å². The summed E-state index contributed by atoms with van der Waals surface area (Å²) < 4.78 is 59.2. The molecule has 0 aliphatic carbocycles. The number of halogens is 4. The summed E-state index contributed by atoms with van der Waals surface area (Å²) in [5.74, 6) is -0.575. The minimum atomic E-state index is -4.40. The van der Waals surface area contributed by atoms with Crippen LogP contribution in [0.25, 0.3) is 0 Å². The number of benzene rings is 1. The highest BCUT2D eigenvalue weighted by Crippen LogP contribution is 2.25. The molecule has 1 atom stereocenters. The topological polar surface area (TPSA) is 30.5 Å². The SMILES string of the molecule is CNC(COCC(F)(F)F)c1cccc(OC)c1F. The molecule has 1 N–H and O–H groups in total. The summed E-state index contributed by atoms with van der Waals surface area (Å²) in [5.41, 5.74) is 0.198. The molecule has 108 valence electrons. The van der Waals surface area contributed by atoms with Gasteiger partial charge < -0.3 is 14.8 Å². The average molecular weight is 281 g/mol. The number of ether oxygens (including phenoxy) is 2. The fraction of sp³-hybridized carbons (Fsp3) is 0.500. The number of hydrogen-bond donors (Lipinski definition) is 1. The van der Waals surface area contributed by atoms with Crippen LogP contribution < -0.4 is 10.1 Å². The minimum absolute atomic E-state index is 0.0357. The van der Waals surface area contributed by atoms with Gasteiger partial charge in [0.1, 0.15) is 6.61 Å². The van der Waals surface area contributed by atoms with Gasteiger partial charge in [-0.25, -0.2) is 4.39 Å². The van der Waals surface area contributed by atoms with E-state index in [0.717, 1.165) is 0 Å². The summed E-state index contributed by atoms with van der Waals surface area (Å²) in [6.45, 7) is -1.66. The van der Waals surface area contributed by atoms with Gasteiger partial charge in [-0.15, -0.1) is 0 Å². The normalized spacial score (nSPS) is 13.4. The van der Waals surface area contributed by atoms with E-state index in [4.69, 9.17) is 4.74 Å². The van der Waals surface area contributed by atoms with Gasteiger partial charge in [-0.1, -0.05) is 12.1 Å². The molecule has 0 aromatic heterocycles. The minimum Gasteiger partial charge on any atom is -0.494 e. The van der Waals surface area contributed by atoms with Gasteiger partial charge in [0.25, 0.3) is 0 Å². The number of nitrogens with one attached hydrogen (secondary N) is 1. The Morgan fingerprint density at radius 2 is 2.00 bits per heavy atom. The molecule has 0 saturated carbocycles. The predicted molar refractivity (Wildman–Crippen MR) is 61.6 cm³/mol. The van der Waals surface area contributed by atoms with Gasteiger partial charge in [0.15, 0.2) is 11.6 Å². The summed E-state index contributed by atoms with van der Waals surface area (Å²) >= 11 is 0. The molecule has 0 radical (unpaired) electrons. The van der Waals surface area contributed by atoms with Crippen LogP contribution in [0.15, 0.2) is 18.2 Å². The van der Waals surface area contributed by atoms with Crippen LogP contribution in [0.3, 0.4) is 0 Å². The lowest BCUT2D eigenvalue weighted by Gasteiger charge is -2.19. The Morgan fingerprint density at radius 3 is 2.53 bits per heavy atom. The zero-order valence-corrected chi connectivity index (χ0v) is 10.6. The Balaban J connectivity index is 2.75. The standard InChI is InChI=1S/C12H15F4NO2/c1-17-9(6-19-7-12(14,15)16)8-4-3-5-10(18-2)11(8)13/h3-5,9,17H,6-7H2,1-2H3. The molecule has 0 aliphatic rings. The molecule has 0 heterocycles. The second kappa shape index (κ2) is 6.72. The predicted octanol–water partition coefficient (Wildman–Crippen LogP) is 2.67. The molecule has 0 saturated heterocycles. The van der Waals surface area contributed by atoms with Crippen molar-refractivity contribution in [1.82, 2.24) is 5.32 Å². The quantitative estimate of drug-likeness (QED) is 0.813. The molecule has 0 fully saturated rings. The van der Waals surface area contributed by atoms with E-state index in [2.05, 4.69) is 10.1 Å². The van der Waals surface area contributed by atoms with E-state index in [0.29, 0.717) is 0 Å². The number of likely N-dealkylation sites (N-methyl/N-ethyl adjacent to an activating group) is 1. The molecular formula is C12H15F4NO2. The lowest BCUT2D eigenvalue weighted by molar-refractivity contribution is -0.175. The summed E-state index contributed by atoms with van der Waals surface area (Å²) in [6, 6.07) is 3.78. The Labute approximate surface area is 108 Å². The van der Waals surface area contributed by atoms with Gasteiger partial charge in [0.2, 0.25) is 0 Å². The van der Waals surface area contributed by atoms with E-state index < -0.39 is 24.6 Å². The highest BCUT2D eigenvalue weighted by Gasteiger charge is 2.28. The number of hydrogen-bond acceptors (Lipinski definition) is 3. The van der Waals surface area contributed by atoms with E-state index in [1.54, 1.807) is 6.07 Å². The summed E-state index contributed by atoms with van der Waals surface area (Å²) in [5, 5.41) is 2.71. The Morgan fingerprint density at radius 1 is 1.32 bits per heavy atom. The molecule has 0 amide bonds. The molecule has 19 heavy (non-hydrogen) atoms. The fourth-order valence-corrected chi connectivity index (χ4v) is 1.58. The first-order chi connectivity index (χ1) is 8.89. The van der Waals surface area contributed by atoms with Crippen LogP contribution in [0.4, 0.5) is 17.6 Å². The van der Waals surface area contributed by atoms with Crippen molar-refractivity contribution in [3.8, 4) is 5.75 Å². The zero-order valence-electron chi connectivity index (χ0n) is 10.6. The van der Waals surface area contributed by atoms with Crippen molar-refractivity contribution in [3.63, 3.8) is 0 Å². The van der Waals surface area contributed by atoms with Crippen molar-refractivity contribution in [3.05, 3.63) is 29.6 Å². The third-order valence-electron chi connectivity index (χ3n) is 2.49. The van der Waals surface area contributed by atoms with Crippen LogP contribution in [0.1, 0.15) is 11.6 Å². The van der Waals surface area contributed by atoms with Crippen molar-refractivity contribution >= 4 is 0 Å². The molecule has 1 aromatic carbocycles. The largest absolute Gasteiger partial charge is 0.494 e. The molecule has 0 bridgehead atoms. The molecule has 0 aliphatic heterocycles. The van der Waals surface area contributed by atoms with Crippen LogP contribution in [-0.2, 0) is 4.74 Å². The first-order valence-corrected chi connectivity index (χ1v) is 5.53. The highest BCUT2D eigenvalue weighted by molar-refractivity contribution is 5.33. The van der Waals surface area contributed by atoms with E-state index in [9.17, 15) is 17.6 Å². The number of rotatable bonds is 6. The van der Waals surface area contributed by atoms with Crippen LogP contribution >= 0.6 is 0 Å². The summed E-state index contributed by atoms with van der Waals surface area (Å²) in [7, 11) is 2.83. The van der Waals surface area contributed by atoms with Crippen molar-refractivity contribution in [2.45, 2.75) is 12.2 Å². The maximum Gasteiger partial charge on any atom is 0.411 e. The third-order valence-corrected chi connectivity index (χ3v) is 2.49. The second-order valence-corrected chi connectivity index (χ2v) is 3.84. The van der Waals surface area contributed by atoms with E-state index >= 15 is 0 Å². The van der Waals surface area contributed by atoms with Crippen molar-refractivity contribution in [2.24, 2.45) is 0 Å². The van der Waals surface area contributed by atoms with Crippen LogP contribution in [-0.4, -0.2) is 33.5 Å². The van der Waals surface area contributed by atoms with Crippen molar-refractivity contribution in [1.29, 1.82) is 0 Å². The fourth-order valence-electron chi connectivity index (χ4n) is 1.58. The smallest absolute Gasteiger partial charge is 0.411 e. The number of methoxy groups -OCH3 is 1. The van der Waals surface area contributed by atoms with Gasteiger partial charge in [-0.3, -0.25) is 0 Å². The van der Waals surface area contributed by atoms with Crippen molar-refractivity contribution < 1.29 is 27.0 Å². The molecule has 0 spiro atoms. The molecule has 7 heteroatoms. The maximum atomic E-state index is 13.9. The van der Waals surface area contributed by atoms with Crippen LogP contribution in [0.2, 0.25) is 0 Å². The summed E-state index contributed by atoms with van der Waals surface area (Å²) in [6.07, 6.45) is -4.40. The zero-order chi connectivity index (χ0) is 14.5.